The fourth-order valence-corrected chi connectivity index (χ4v) is 3.49. The van der Waals surface area contributed by atoms with Crippen molar-refractivity contribution in [1.29, 1.82) is 0 Å². The topological polar surface area (TPSA) is 111 Å². The smallest absolute Gasteiger partial charge is 0.338 e. The number of benzene rings is 1. The monoisotopic (exact) mass is 388 g/mol. The number of thioether (sulfide) groups is 1. The summed E-state index contributed by atoms with van der Waals surface area (Å²) in [6.07, 6.45) is 0. The van der Waals surface area contributed by atoms with Crippen molar-refractivity contribution in [2.45, 2.75) is 25.0 Å². The minimum absolute atomic E-state index is 0.241. The summed E-state index contributed by atoms with van der Waals surface area (Å²) >= 11 is 1.32. The number of aromatic nitrogens is 4. The number of tetrazole rings is 1. The van der Waals surface area contributed by atoms with Crippen LogP contribution < -0.4 is 10.6 Å². The van der Waals surface area contributed by atoms with Gasteiger partial charge in [0.1, 0.15) is 0 Å². The van der Waals surface area contributed by atoms with Crippen LogP contribution in [0.25, 0.3) is 0 Å². The van der Waals surface area contributed by atoms with E-state index in [1.54, 1.807) is 14.0 Å². The molecule has 0 saturated heterocycles. The van der Waals surface area contributed by atoms with Gasteiger partial charge in [0.2, 0.25) is 5.16 Å². The van der Waals surface area contributed by atoms with Crippen molar-refractivity contribution in [3.8, 4) is 0 Å². The maximum atomic E-state index is 12.7. The van der Waals surface area contributed by atoms with E-state index in [0.29, 0.717) is 22.2 Å². The van der Waals surface area contributed by atoms with Gasteiger partial charge in [-0.25, -0.2) is 14.3 Å². The summed E-state index contributed by atoms with van der Waals surface area (Å²) in [5, 5.41) is 17.4. The van der Waals surface area contributed by atoms with Crippen molar-refractivity contribution >= 4 is 23.8 Å². The average Bonchev–Trinajstić information content (AvgIpc) is 3.05. The zero-order chi connectivity index (χ0) is 19.4. The molecular weight excluding hydrogens is 368 g/mol. The number of carbonyl (C=O) groups is 2. The van der Waals surface area contributed by atoms with Gasteiger partial charge in [-0.05, 0) is 29.8 Å². The molecule has 27 heavy (non-hydrogen) atoms. The first-order valence-corrected chi connectivity index (χ1v) is 9.37. The van der Waals surface area contributed by atoms with Crippen LogP contribution in [0.1, 0.15) is 24.1 Å². The summed E-state index contributed by atoms with van der Waals surface area (Å²) in [6, 6.07) is 6.69. The predicted octanol–water partition coefficient (Wildman–Crippen LogP) is 1.48. The number of carbonyl (C=O) groups excluding carboxylic acids is 2. The van der Waals surface area contributed by atoms with Crippen molar-refractivity contribution < 1.29 is 14.3 Å². The third-order valence-corrected chi connectivity index (χ3v) is 5.02. The largest absolute Gasteiger partial charge is 0.463 e. The fraction of sp³-hybridized carbons (Fsp3) is 0.353. The molecule has 0 unspecified atom stereocenters. The zero-order valence-corrected chi connectivity index (χ0v) is 16.0. The van der Waals surface area contributed by atoms with Crippen molar-refractivity contribution in [2.75, 3.05) is 12.4 Å². The van der Waals surface area contributed by atoms with Crippen LogP contribution in [-0.4, -0.2) is 44.6 Å². The normalized spacial score (nSPS) is 16.7. The average molecular weight is 388 g/mol. The molecule has 1 aliphatic heterocycles. The van der Waals surface area contributed by atoms with Crippen LogP contribution in [0.3, 0.4) is 0 Å². The van der Waals surface area contributed by atoms with Crippen LogP contribution in [0, 0.1) is 6.92 Å². The molecule has 2 heterocycles. The van der Waals surface area contributed by atoms with Gasteiger partial charge < -0.3 is 15.4 Å². The Kier molecular flexibility index (Phi) is 5.75. The standard InChI is InChI=1S/C17H20N6O3S/c1-4-26-15(24)13-12(9-27-17-20-21-22-23(17)3)18-16(25)19-14(13)11-7-5-10(2)6-8-11/h5-8,14H,4,9H2,1-3H3,(H2,18,19,25)/t14-/m0/s1. The molecule has 1 aromatic heterocycles. The van der Waals surface area contributed by atoms with Gasteiger partial charge in [0, 0.05) is 18.5 Å². The summed E-state index contributed by atoms with van der Waals surface area (Å²) in [6.45, 7) is 3.96. The van der Waals surface area contributed by atoms with Gasteiger partial charge in [0.25, 0.3) is 0 Å². The molecule has 0 aliphatic carbocycles. The summed E-state index contributed by atoms with van der Waals surface area (Å²) < 4.78 is 6.76. The number of urea groups is 1. The van der Waals surface area contributed by atoms with E-state index < -0.39 is 12.0 Å². The molecule has 9 nitrogen and oxygen atoms in total. The second-order valence-corrected chi connectivity index (χ2v) is 6.87. The van der Waals surface area contributed by atoms with Crippen LogP contribution in [0.15, 0.2) is 40.7 Å². The lowest BCUT2D eigenvalue weighted by Gasteiger charge is -2.29. The van der Waals surface area contributed by atoms with Crippen molar-refractivity contribution in [2.24, 2.45) is 7.05 Å². The van der Waals surface area contributed by atoms with Gasteiger partial charge in [-0.3, -0.25) is 0 Å². The molecule has 0 spiro atoms. The van der Waals surface area contributed by atoms with Crippen LogP contribution in [0.5, 0.6) is 0 Å². The van der Waals surface area contributed by atoms with Gasteiger partial charge >= 0.3 is 12.0 Å². The number of nitrogens with zero attached hydrogens (tertiary/aromatic N) is 4. The maximum Gasteiger partial charge on any atom is 0.338 e. The van der Waals surface area contributed by atoms with Gasteiger partial charge in [0.15, 0.2) is 0 Å². The van der Waals surface area contributed by atoms with Crippen molar-refractivity contribution in [1.82, 2.24) is 30.8 Å². The molecule has 0 fully saturated rings. The van der Waals surface area contributed by atoms with Crippen LogP contribution in [0.4, 0.5) is 4.79 Å². The zero-order valence-electron chi connectivity index (χ0n) is 15.2. The summed E-state index contributed by atoms with van der Waals surface area (Å²) in [7, 11) is 1.72. The molecule has 0 saturated carbocycles. The molecule has 1 atom stereocenters. The summed E-state index contributed by atoms with van der Waals surface area (Å²) in [4.78, 5) is 24.9. The number of amides is 2. The van der Waals surface area contributed by atoms with Gasteiger partial charge in [-0.15, -0.1) is 5.10 Å². The van der Waals surface area contributed by atoms with Crippen LogP contribution >= 0.6 is 11.8 Å². The second-order valence-electron chi connectivity index (χ2n) is 5.93. The molecule has 2 aromatic rings. The lowest BCUT2D eigenvalue weighted by Crippen LogP contribution is -2.46. The van der Waals surface area contributed by atoms with E-state index in [4.69, 9.17) is 4.74 Å². The Balaban J connectivity index is 1.97. The van der Waals surface area contributed by atoms with Crippen molar-refractivity contribution in [3.63, 3.8) is 0 Å². The van der Waals surface area contributed by atoms with Gasteiger partial charge in [-0.1, -0.05) is 41.6 Å². The molecule has 1 aliphatic rings. The molecule has 2 amide bonds. The first-order valence-electron chi connectivity index (χ1n) is 8.39. The number of nitrogens with one attached hydrogen (secondary N) is 2. The molecule has 3 rings (SSSR count). The van der Waals surface area contributed by atoms with E-state index in [1.807, 2.05) is 31.2 Å². The Morgan fingerprint density at radius 2 is 2.07 bits per heavy atom. The van der Waals surface area contributed by atoms with Gasteiger partial charge in [-0.2, -0.15) is 0 Å². The minimum atomic E-state index is -0.591. The number of rotatable bonds is 6. The molecular formula is C17H20N6O3S. The van der Waals surface area contributed by atoms with Crippen molar-refractivity contribution in [3.05, 3.63) is 46.7 Å². The number of esters is 1. The van der Waals surface area contributed by atoms with Crippen LogP contribution in [-0.2, 0) is 16.6 Å². The highest BCUT2D eigenvalue weighted by atomic mass is 32.2. The Hall–Kier alpha value is -2.88. The first-order chi connectivity index (χ1) is 13.0. The molecule has 142 valence electrons. The van der Waals surface area contributed by atoms with E-state index in [-0.39, 0.29) is 12.6 Å². The van der Waals surface area contributed by atoms with E-state index in [9.17, 15) is 9.59 Å². The quantitative estimate of drug-likeness (QED) is 0.569. The Bertz CT molecular complexity index is 877. The molecule has 1 aromatic carbocycles. The number of aryl methyl sites for hydroxylation is 2. The summed E-state index contributed by atoms with van der Waals surface area (Å²) in [5.41, 5.74) is 2.76. The highest BCUT2D eigenvalue weighted by Crippen LogP contribution is 2.30. The number of ether oxygens (including phenoxy) is 1. The third kappa shape index (κ3) is 4.27. The lowest BCUT2D eigenvalue weighted by molar-refractivity contribution is -0.139. The van der Waals surface area contributed by atoms with E-state index >= 15 is 0 Å². The Morgan fingerprint density at radius 1 is 1.33 bits per heavy atom. The second kappa shape index (κ2) is 8.21. The van der Waals surface area contributed by atoms with E-state index in [0.717, 1.165) is 11.1 Å². The molecule has 0 radical (unpaired) electrons. The molecule has 0 bridgehead atoms. The van der Waals surface area contributed by atoms with Gasteiger partial charge in [0.05, 0.1) is 18.2 Å². The third-order valence-electron chi connectivity index (χ3n) is 3.99. The Morgan fingerprint density at radius 3 is 2.70 bits per heavy atom. The number of hydrogen-bond donors (Lipinski definition) is 2. The highest BCUT2D eigenvalue weighted by Gasteiger charge is 2.33. The number of hydrogen-bond acceptors (Lipinski definition) is 7. The summed E-state index contributed by atoms with van der Waals surface area (Å²) in [5.74, 6) is -0.153. The maximum absolute atomic E-state index is 12.7. The fourth-order valence-electron chi connectivity index (χ4n) is 2.67. The first kappa shape index (κ1) is 18.9. The lowest BCUT2D eigenvalue weighted by atomic mass is 9.95. The SMILES string of the molecule is CCOC(=O)C1=C(CSc2nnnn2C)NC(=O)N[C@H]1c1ccc(C)cc1. The molecule has 10 heteroatoms. The van der Waals surface area contributed by atoms with E-state index in [1.165, 1.54) is 16.4 Å². The van der Waals surface area contributed by atoms with Crippen LogP contribution in [0.2, 0.25) is 0 Å². The highest BCUT2D eigenvalue weighted by molar-refractivity contribution is 7.99. The predicted molar refractivity (Wildman–Crippen MR) is 98.8 cm³/mol. The Labute approximate surface area is 160 Å². The van der Waals surface area contributed by atoms with E-state index in [2.05, 4.69) is 26.2 Å². The minimum Gasteiger partial charge on any atom is -0.463 e. The molecule has 2 N–H and O–H groups in total.